The van der Waals surface area contributed by atoms with Crippen LogP contribution < -0.4 is 4.74 Å². The second-order valence-corrected chi connectivity index (χ2v) is 6.25. The summed E-state index contributed by atoms with van der Waals surface area (Å²) < 4.78 is 11.6. The van der Waals surface area contributed by atoms with Crippen LogP contribution in [0.25, 0.3) is 0 Å². The standard InChI is InChI=1S/C22H30O2/c1-4-9-20(5-2)21-12-14-22(15-13-21)24-18(3)23-17-16-19-10-7-6-8-11-19/h6-8,10-15,18,20H,4-5,9,16-17H2,1-3H3. The third-order valence-electron chi connectivity index (χ3n) is 4.37. The Hall–Kier alpha value is -1.80. The lowest BCUT2D eigenvalue weighted by atomic mass is 9.92. The van der Waals surface area contributed by atoms with Gasteiger partial charge in [0.15, 0.2) is 6.29 Å². The summed E-state index contributed by atoms with van der Waals surface area (Å²) in [6.45, 7) is 7.12. The average molecular weight is 326 g/mol. The first-order valence-electron chi connectivity index (χ1n) is 9.15. The Morgan fingerprint density at radius 3 is 2.25 bits per heavy atom. The lowest BCUT2D eigenvalue weighted by molar-refractivity contribution is -0.0654. The smallest absolute Gasteiger partial charge is 0.196 e. The molecule has 2 aromatic rings. The molecule has 130 valence electrons. The molecule has 0 aliphatic heterocycles. The quantitative estimate of drug-likeness (QED) is 0.501. The van der Waals surface area contributed by atoms with Crippen molar-refractivity contribution in [2.75, 3.05) is 6.61 Å². The second-order valence-electron chi connectivity index (χ2n) is 6.25. The third-order valence-corrected chi connectivity index (χ3v) is 4.37. The van der Waals surface area contributed by atoms with E-state index in [4.69, 9.17) is 9.47 Å². The van der Waals surface area contributed by atoms with Crippen LogP contribution >= 0.6 is 0 Å². The van der Waals surface area contributed by atoms with Gasteiger partial charge in [0.25, 0.3) is 0 Å². The van der Waals surface area contributed by atoms with Gasteiger partial charge in [-0.25, -0.2) is 0 Å². The molecule has 0 heterocycles. The minimum atomic E-state index is -0.239. The van der Waals surface area contributed by atoms with Crippen molar-refractivity contribution < 1.29 is 9.47 Å². The van der Waals surface area contributed by atoms with Crippen LogP contribution in [0.3, 0.4) is 0 Å². The Labute approximate surface area is 146 Å². The molecule has 2 rings (SSSR count). The van der Waals surface area contributed by atoms with E-state index < -0.39 is 0 Å². The van der Waals surface area contributed by atoms with Gasteiger partial charge in [0.2, 0.25) is 0 Å². The first-order valence-corrected chi connectivity index (χ1v) is 9.15. The van der Waals surface area contributed by atoms with E-state index in [-0.39, 0.29) is 6.29 Å². The van der Waals surface area contributed by atoms with Gasteiger partial charge in [-0.2, -0.15) is 0 Å². The Morgan fingerprint density at radius 2 is 1.62 bits per heavy atom. The predicted octanol–water partition coefficient (Wildman–Crippen LogP) is 5.96. The third kappa shape index (κ3) is 6.01. The lowest BCUT2D eigenvalue weighted by Gasteiger charge is -2.17. The van der Waals surface area contributed by atoms with Crippen LogP contribution in [0.1, 0.15) is 57.1 Å². The maximum absolute atomic E-state index is 5.86. The molecule has 0 saturated carbocycles. The molecule has 0 aliphatic rings. The van der Waals surface area contributed by atoms with Gasteiger partial charge in [-0.15, -0.1) is 0 Å². The number of hydrogen-bond donors (Lipinski definition) is 0. The van der Waals surface area contributed by atoms with Crippen molar-refractivity contribution in [3.63, 3.8) is 0 Å². The van der Waals surface area contributed by atoms with Crippen molar-refractivity contribution >= 4 is 0 Å². The van der Waals surface area contributed by atoms with Crippen molar-refractivity contribution in [3.05, 3.63) is 65.7 Å². The van der Waals surface area contributed by atoms with Crippen LogP contribution in [0.15, 0.2) is 54.6 Å². The van der Waals surface area contributed by atoms with Crippen LogP contribution in [0, 0.1) is 0 Å². The van der Waals surface area contributed by atoms with Crippen molar-refractivity contribution in [2.24, 2.45) is 0 Å². The molecule has 0 fully saturated rings. The van der Waals surface area contributed by atoms with Crippen LogP contribution in [-0.4, -0.2) is 12.9 Å². The molecule has 0 aliphatic carbocycles. The van der Waals surface area contributed by atoms with E-state index >= 15 is 0 Å². The molecular weight excluding hydrogens is 296 g/mol. The molecule has 2 aromatic carbocycles. The minimum Gasteiger partial charge on any atom is -0.465 e. The van der Waals surface area contributed by atoms with Crippen LogP contribution in [0.2, 0.25) is 0 Å². The van der Waals surface area contributed by atoms with Gasteiger partial charge in [0.1, 0.15) is 5.75 Å². The Balaban J connectivity index is 1.78. The van der Waals surface area contributed by atoms with E-state index in [9.17, 15) is 0 Å². The van der Waals surface area contributed by atoms with Crippen molar-refractivity contribution in [1.29, 1.82) is 0 Å². The van der Waals surface area contributed by atoms with Crippen LogP contribution in [0.4, 0.5) is 0 Å². The number of hydrogen-bond acceptors (Lipinski definition) is 2. The summed E-state index contributed by atoms with van der Waals surface area (Å²) in [5.41, 5.74) is 2.69. The highest BCUT2D eigenvalue weighted by molar-refractivity contribution is 5.29. The molecule has 0 saturated heterocycles. The van der Waals surface area contributed by atoms with Gasteiger partial charge < -0.3 is 9.47 Å². The van der Waals surface area contributed by atoms with E-state index in [0.717, 1.165) is 12.2 Å². The summed E-state index contributed by atoms with van der Waals surface area (Å²) in [6.07, 6.45) is 4.33. The SMILES string of the molecule is CCCC(CC)c1ccc(OC(C)OCCc2ccccc2)cc1. The van der Waals surface area contributed by atoms with E-state index in [1.165, 1.54) is 30.4 Å². The molecule has 0 N–H and O–H groups in total. The zero-order chi connectivity index (χ0) is 17.2. The normalized spacial score (nSPS) is 13.5. The molecule has 2 heteroatoms. The maximum atomic E-state index is 5.86. The summed E-state index contributed by atoms with van der Waals surface area (Å²) in [5.74, 6) is 1.53. The monoisotopic (exact) mass is 326 g/mol. The van der Waals surface area contributed by atoms with Crippen molar-refractivity contribution in [1.82, 2.24) is 0 Å². The zero-order valence-electron chi connectivity index (χ0n) is 15.2. The Morgan fingerprint density at radius 1 is 0.917 bits per heavy atom. The van der Waals surface area contributed by atoms with Crippen molar-refractivity contribution in [3.8, 4) is 5.75 Å². The molecule has 0 aromatic heterocycles. The fourth-order valence-electron chi connectivity index (χ4n) is 2.99. The Bertz CT molecular complexity index is 562. The van der Waals surface area contributed by atoms with Gasteiger partial charge in [-0.3, -0.25) is 0 Å². The zero-order valence-corrected chi connectivity index (χ0v) is 15.2. The fourth-order valence-corrected chi connectivity index (χ4v) is 2.99. The molecule has 0 spiro atoms. The van der Waals surface area contributed by atoms with Crippen LogP contribution in [-0.2, 0) is 11.2 Å². The molecule has 2 atom stereocenters. The number of ether oxygens (including phenoxy) is 2. The van der Waals surface area contributed by atoms with E-state index in [1.807, 2.05) is 13.0 Å². The molecule has 2 unspecified atom stereocenters. The Kier molecular flexibility index (Phi) is 7.84. The minimum absolute atomic E-state index is 0.239. The van der Waals surface area contributed by atoms with E-state index in [2.05, 4.69) is 62.4 Å². The van der Waals surface area contributed by atoms with Gasteiger partial charge in [-0.05, 0) is 55.4 Å². The summed E-state index contributed by atoms with van der Waals surface area (Å²) in [5, 5.41) is 0. The maximum Gasteiger partial charge on any atom is 0.196 e. The lowest BCUT2D eigenvalue weighted by Crippen LogP contribution is -2.17. The summed E-state index contributed by atoms with van der Waals surface area (Å²) in [7, 11) is 0. The van der Waals surface area contributed by atoms with Gasteiger partial charge >= 0.3 is 0 Å². The molecule has 0 radical (unpaired) electrons. The van der Waals surface area contributed by atoms with Crippen LogP contribution in [0.5, 0.6) is 5.75 Å². The molecule has 2 nitrogen and oxygen atoms in total. The highest BCUT2D eigenvalue weighted by Gasteiger charge is 2.09. The largest absolute Gasteiger partial charge is 0.465 e. The summed E-state index contributed by atoms with van der Waals surface area (Å²) >= 11 is 0. The van der Waals surface area contributed by atoms with Gasteiger partial charge in [0.05, 0.1) is 6.61 Å². The fraction of sp³-hybridized carbons (Fsp3) is 0.455. The molecule has 24 heavy (non-hydrogen) atoms. The van der Waals surface area contributed by atoms with Gasteiger partial charge in [-0.1, -0.05) is 62.7 Å². The molecule has 0 amide bonds. The van der Waals surface area contributed by atoms with E-state index in [0.29, 0.717) is 12.5 Å². The van der Waals surface area contributed by atoms with E-state index in [1.54, 1.807) is 0 Å². The average Bonchev–Trinajstić information content (AvgIpc) is 2.61. The predicted molar refractivity (Wildman–Crippen MR) is 101 cm³/mol. The highest BCUT2D eigenvalue weighted by atomic mass is 16.7. The first-order chi connectivity index (χ1) is 11.7. The summed E-state index contributed by atoms with van der Waals surface area (Å²) in [4.78, 5) is 0. The number of rotatable bonds is 10. The first kappa shape index (κ1) is 18.5. The van der Waals surface area contributed by atoms with Crippen molar-refractivity contribution in [2.45, 2.75) is 58.7 Å². The molecule has 0 bridgehead atoms. The second kappa shape index (κ2) is 10.1. The van der Waals surface area contributed by atoms with Gasteiger partial charge in [0, 0.05) is 0 Å². The topological polar surface area (TPSA) is 18.5 Å². The summed E-state index contributed by atoms with van der Waals surface area (Å²) in [6, 6.07) is 18.9. The highest BCUT2D eigenvalue weighted by Crippen LogP contribution is 2.26. The number of benzene rings is 2. The molecular formula is C22H30O2.